The molecule has 1 saturated heterocycles. The number of hydrogen-bond donors (Lipinski definition) is 1. The fourth-order valence-electron chi connectivity index (χ4n) is 3.20. The molecule has 132 valence electrons. The minimum atomic E-state index is 0.0575. The maximum absolute atomic E-state index is 12.1. The minimum Gasteiger partial charge on any atom is -0.354 e. The molecule has 1 aromatic carbocycles. The van der Waals surface area contributed by atoms with E-state index in [1.54, 1.807) is 0 Å². The highest BCUT2D eigenvalue weighted by molar-refractivity contribution is 5.78. The maximum atomic E-state index is 12.1. The van der Waals surface area contributed by atoms with E-state index in [0.717, 1.165) is 19.4 Å². The van der Waals surface area contributed by atoms with E-state index in [1.807, 2.05) is 31.1 Å². The van der Waals surface area contributed by atoms with Crippen molar-refractivity contribution in [1.29, 1.82) is 0 Å². The van der Waals surface area contributed by atoms with Crippen LogP contribution in [0.1, 0.15) is 42.9 Å². The second kappa shape index (κ2) is 8.83. The highest BCUT2D eigenvalue weighted by Gasteiger charge is 2.20. The van der Waals surface area contributed by atoms with Crippen LogP contribution in [0, 0.1) is 6.92 Å². The van der Waals surface area contributed by atoms with E-state index in [0.29, 0.717) is 25.9 Å². The fourth-order valence-corrected chi connectivity index (χ4v) is 3.20. The average molecular weight is 331 g/mol. The third kappa shape index (κ3) is 5.06. The molecule has 1 atom stereocenters. The van der Waals surface area contributed by atoms with Crippen molar-refractivity contribution in [1.82, 2.24) is 15.1 Å². The molecule has 0 bridgehead atoms. The molecule has 2 rings (SSSR count). The molecule has 1 heterocycles. The summed E-state index contributed by atoms with van der Waals surface area (Å²) in [7, 11) is 4.06. The first-order valence-corrected chi connectivity index (χ1v) is 8.75. The van der Waals surface area contributed by atoms with Gasteiger partial charge in [-0.2, -0.15) is 0 Å². The molecule has 1 aliphatic rings. The molecule has 0 aliphatic carbocycles. The van der Waals surface area contributed by atoms with Gasteiger partial charge in [-0.3, -0.25) is 9.59 Å². The van der Waals surface area contributed by atoms with Gasteiger partial charge in [0.2, 0.25) is 11.8 Å². The van der Waals surface area contributed by atoms with Crippen LogP contribution in [0.5, 0.6) is 0 Å². The summed E-state index contributed by atoms with van der Waals surface area (Å²) in [5.74, 6) is 0.282. The number of carbonyl (C=O) groups excluding carboxylic acids is 2. The second-order valence-corrected chi connectivity index (χ2v) is 6.73. The number of hydrogen-bond acceptors (Lipinski definition) is 3. The number of rotatable bonds is 8. The standard InChI is InChI=1S/C19H29N3O2/c1-15-8-4-5-9-16(15)17(21(2)3)14-20-18(23)10-6-12-22-13-7-11-19(22)24/h4-5,8-9,17H,6-7,10-14H2,1-3H3,(H,20,23). The van der Waals surface area contributed by atoms with Crippen LogP contribution in [0.15, 0.2) is 24.3 Å². The van der Waals surface area contributed by atoms with Gasteiger partial charge in [-0.1, -0.05) is 24.3 Å². The number of carbonyl (C=O) groups is 2. The Morgan fingerprint density at radius 3 is 2.71 bits per heavy atom. The summed E-state index contributed by atoms with van der Waals surface area (Å²) < 4.78 is 0. The number of nitrogens with one attached hydrogen (secondary N) is 1. The normalized spacial score (nSPS) is 15.8. The Balaban J connectivity index is 1.78. The van der Waals surface area contributed by atoms with Crippen LogP contribution in [-0.4, -0.2) is 55.3 Å². The summed E-state index contributed by atoms with van der Waals surface area (Å²) in [6.45, 7) is 4.23. The molecule has 24 heavy (non-hydrogen) atoms. The Hall–Kier alpha value is -1.88. The molecule has 1 N–H and O–H groups in total. The van der Waals surface area contributed by atoms with Gasteiger partial charge in [-0.25, -0.2) is 0 Å². The SMILES string of the molecule is Cc1ccccc1C(CNC(=O)CCCN1CCCC1=O)N(C)C. The lowest BCUT2D eigenvalue weighted by molar-refractivity contribution is -0.128. The zero-order valence-electron chi connectivity index (χ0n) is 15.0. The van der Waals surface area contributed by atoms with Crippen molar-refractivity contribution < 1.29 is 9.59 Å². The van der Waals surface area contributed by atoms with Gasteiger partial charge in [0.05, 0.1) is 6.04 Å². The summed E-state index contributed by atoms with van der Waals surface area (Å²) >= 11 is 0. The van der Waals surface area contributed by atoms with E-state index in [4.69, 9.17) is 0 Å². The molecule has 0 aromatic heterocycles. The molecular formula is C19H29N3O2. The lowest BCUT2D eigenvalue weighted by Crippen LogP contribution is -2.35. The van der Waals surface area contributed by atoms with Crippen molar-refractivity contribution in [3.8, 4) is 0 Å². The molecule has 0 radical (unpaired) electrons. The molecule has 0 saturated carbocycles. The van der Waals surface area contributed by atoms with E-state index in [9.17, 15) is 9.59 Å². The zero-order valence-corrected chi connectivity index (χ0v) is 15.0. The molecule has 2 amide bonds. The molecular weight excluding hydrogens is 302 g/mol. The van der Waals surface area contributed by atoms with E-state index in [2.05, 4.69) is 29.3 Å². The van der Waals surface area contributed by atoms with Gasteiger partial charge >= 0.3 is 0 Å². The van der Waals surface area contributed by atoms with E-state index in [1.165, 1.54) is 11.1 Å². The Bertz CT molecular complexity index is 571. The first-order valence-electron chi connectivity index (χ1n) is 8.75. The third-order valence-corrected chi connectivity index (χ3v) is 4.67. The smallest absolute Gasteiger partial charge is 0.222 e. The largest absolute Gasteiger partial charge is 0.354 e. The lowest BCUT2D eigenvalue weighted by Gasteiger charge is -2.26. The van der Waals surface area contributed by atoms with E-state index in [-0.39, 0.29) is 17.9 Å². The average Bonchev–Trinajstić information content (AvgIpc) is 2.94. The fraction of sp³-hybridized carbons (Fsp3) is 0.579. The summed E-state index contributed by atoms with van der Waals surface area (Å²) in [5.41, 5.74) is 2.48. The number of nitrogens with zero attached hydrogens (tertiary/aromatic N) is 2. The Morgan fingerprint density at radius 1 is 1.33 bits per heavy atom. The number of aryl methyl sites for hydroxylation is 1. The monoisotopic (exact) mass is 331 g/mol. The number of benzene rings is 1. The summed E-state index contributed by atoms with van der Waals surface area (Å²) in [4.78, 5) is 27.7. The van der Waals surface area contributed by atoms with Gasteiger partial charge in [-0.15, -0.1) is 0 Å². The number of amides is 2. The van der Waals surface area contributed by atoms with Crippen LogP contribution in [0.25, 0.3) is 0 Å². The van der Waals surface area contributed by atoms with Gasteiger partial charge < -0.3 is 15.1 Å². The van der Waals surface area contributed by atoms with Gasteiger partial charge in [0.25, 0.3) is 0 Å². The summed E-state index contributed by atoms with van der Waals surface area (Å²) in [6.07, 6.45) is 2.81. The lowest BCUT2D eigenvalue weighted by atomic mass is 10.0. The highest BCUT2D eigenvalue weighted by Crippen LogP contribution is 2.21. The van der Waals surface area contributed by atoms with Crippen LogP contribution in [0.2, 0.25) is 0 Å². The van der Waals surface area contributed by atoms with Crippen molar-refractivity contribution >= 4 is 11.8 Å². The Labute approximate surface area is 145 Å². The van der Waals surface area contributed by atoms with Crippen LogP contribution < -0.4 is 5.32 Å². The predicted molar refractivity (Wildman–Crippen MR) is 95.7 cm³/mol. The van der Waals surface area contributed by atoms with Crippen molar-refractivity contribution in [3.63, 3.8) is 0 Å². The topological polar surface area (TPSA) is 52.7 Å². The Morgan fingerprint density at radius 2 is 2.08 bits per heavy atom. The van der Waals surface area contributed by atoms with Crippen molar-refractivity contribution in [2.24, 2.45) is 0 Å². The zero-order chi connectivity index (χ0) is 17.5. The van der Waals surface area contributed by atoms with Crippen LogP contribution in [0.4, 0.5) is 0 Å². The Kier molecular flexibility index (Phi) is 6.79. The highest BCUT2D eigenvalue weighted by atomic mass is 16.2. The molecule has 1 aliphatic heterocycles. The predicted octanol–water partition coefficient (Wildman–Crippen LogP) is 2.12. The summed E-state index contributed by atoms with van der Waals surface area (Å²) in [5, 5.41) is 3.04. The van der Waals surface area contributed by atoms with Crippen LogP contribution in [-0.2, 0) is 9.59 Å². The van der Waals surface area contributed by atoms with Crippen molar-refractivity contribution in [2.75, 3.05) is 33.7 Å². The maximum Gasteiger partial charge on any atom is 0.222 e. The van der Waals surface area contributed by atoms with E-state index >= 15 is 0 Å². The second-order valence-electron chi connectivity index (χ2n) is 6.73. The molecule has 1 fully saturated rings. The first-order chi connectivity index (χ1) is 11.5. The quantitative estimate of drug-likeness (QED) is 0.794. The molecule has 5 nitrogen and oxygen atoms in total. The van der Waals surface area contributed by atoms with Crippen molar-refractivity contribution in [3.05, 3.63) is 35.4 Å². The van der Waals surface area contributed by atoms with Crippen molar-refractivity contribution in [2.45, 2.75) is 38.6 Å². The van der Waals surface area contributed by atoms with Crippen LogP contribution in [0.3, 0.4) is 0 Å². The van der Waals surface area contributed by atoms with Crippen LogP contribution >= 0.6 is 0 Å². The molecule has 0 spiro atoms. The number of likely N-dealkylation sites (N-methyl/N-ethyl adjacent to an activating group) is 1. The van der Waals surface area contributed by atoms with Gasteiger partial charge in [0, 0.05) is 32.5 Å². The van der Waals surface area contributed by atoms with E-state index < -0.39 is 0 Å². The minimum absolute atomic E-state index is 0.0575. The van der Waals surface area contributed by atoms with Gasteiger partial charge in [0.1, 0.15) is 0 Å². The molecule has 1 aromatic rings. The molecule has 5 heteroatoms. The third-order valence-electron chi connectivity index (χ3n) is 4.67. The number of likely N-dealkylation sites (tertiary alicyclic amines) is 1. The summed E-state index contributed by atoms with van der Waals surface area (Å²) in [6, 6.07) is 8.44. The molecule has 1 unspecified atom stereocenters. The van der Waals surface area contributed by atoms with Gasteiger partial charge in [-0.05, 0) is 45.0 Å². The van der Waals surface area contributed by atoms with Gasteiger partial charge in [0.15, 0.2) is 0 Å². The first kappa shape index (κ1) is 18.5.